The van der Waals surface area contributed by atoms with Crippen LogP contribution in [0.25, 0.3) is 22.1 Å². The maximum absolute atomic E-state index is 4.72. The van der Waals surface area contributed by atoms with Crippen LogP contribution in [-0.2, 0) is 13.1 Å². The Balaban J connectivity index is 1.71. The Morgan fingerprint density at radius 3 is 2.90 bits per heavy atom. The van der Waals surface area contributed by atoms with Gasteiger partial charge >= 0.3 is 0 Å². The van der Waals surface area contributed by atoms with Crippen LogP contribution in [0.4, 0.5) is 0 Å². The number of aromatic nitrogens is 4. The quantitative estimate of drug-likeness (QED) is 0.762. The van der Waals surface area contributed by atoms with Gasteiger partial charge in [0.15, 0.2) is 5.82 Å². The van der Waals surface area contributed by atoms with Crippen LogP contribution in [-0.4, -0.2) is 26.3 Å². The molecule has 0 atom stereocenters. The molecule has 0 spiro atoms. The molecule has 2 aromatic heterocycles. The van der Waals surface area contributed by atoms with E-state index in [1.165, 1.54) is 0 Å². The van der Waals surface area contributed by atoms with Crippen LogP contribution in [0.3, 0.4) is 0 Å². The lowest BCUT2D eigenvalue weighted by Crippen LogP contribution is -2.28. The molecule has 1 aliphatic heterocycles. The first-order chi connectivity index (χ1) is 10.3. The van der Waals surface area contributed by atoms with Gasteiger partial charge in [-0.3, -0.25) is 0 Å². The van der Waals surface area contributed by atoms with E-state index in [1.54, 1.807) is 11.3 Å². The van der Waals surface area contributed by atoms with E-state index in [0.717, 1.165) is 52.0 Å². The highest BCUT2D eigenvalue weighted by Gasteiger charge is 2.18. The second-order valence-corrected chi connectivity index (χ2v) is 6.59. The largest absolute Gasteiger partial charge is 0.308 e. The molecule has 1 aliphatic rings. The van der Waals surface area contributed by atoms with E-state index in [4.69, 9.17) is 4.98 Å². The summed E-state index contributed by atoms with van der Waals surface area (Å²) in [5.41, 5.74) is 2.02. The lowest BCUT2D eigenvalue weighted by molar-refractivity contribution is 0.508. The van der Waals surface area contributed by atoms with Crippen LogP contribution >= 0.6 is 27.3 Å². The Kier molecular flexibility index (Phi) is 3.33. The van der Waals surface area contributed by atoms with Gasteiger partial charge in [0, 0.05) is 28.5 Å². The zero-order chi connectivity index (χ0) is 14.2. The summed E-state index contributed by atoms with van der Waals surface area (Å²) in [6, 6.07) is 8.19. The summed E-state index contributed by atoms with van der Waals surface area (Å²) in [5, 5.41) is 14.9. The standard InChI is InChI=1S/C14H12BrN5S/c15-10-3-1-9(2-4-10)14-17-11(8-21-14)13-19-18-12-7-16-5-6-20(12)13/h1-4,8,16H,5-7H2. The summed E-state index contributed by atoms with van der Waals surface area (Å²) < 4.78 is 3.22. The van der Waals surface area contributed by atoms with Crippen molar-refractivity contribution in [1.82, 2.24) is 25.1 Å². The predicted octanol–water partition coefficient (Wildman–Crippen LogP) is 2.93. The summed E-state index contributed by atoms with van der Waals surface area (Å²) in [6.07, 6.45) is 0. The molecule has 0 saturated carbocycles. The third-order valence-corrected chi connectivity index (χ3v) is 4.87. The van der Waals surface area contributed by atoms with E-state index in [1.807, 2.05) is 12.1 Å². The number of nitrogens with zero attached hydrogens (tertiary/aromatic N) is 4. The average Bonchev–Trinajstić information content (AvgIpc) is 3.14. The molecule has 7 heteroatoms. The smallest absolute Gasteiger partial charge is 0.183 e. The molecule has 0 bridgehead atoms. The van der Waals surface area contributed by atoms with Gasteiger partial charge in [0.2, 0.25) is 0 Å². The SMILES string of the molecule is Brc1ccc(-c2nc(-c3nnc4n3CCNC4)cs2)cc1. The van der Waals surface area contributed by atoms with Crippen LogP contribution in [0, 0.1) is 0 Å². The topological polar surface area (TPSA) is 55.6 Å². The normalized spacial score (nSPS) is 14.1. The molecule has 4 rings (SSSR count). The molecule has 0 radical (unpaired) electrons. The van der Waals surface area contributed by atoms with Crippen molar-refractivity contribution in [1.29, 1.82) is 0 Å². The lowest BCUT2D eigenvalue weighted by Gasteiger charge is -2.15. The van der Waals surface area contributed by atoms with Crippen molar-refractivity contribution < 1.29 is 0 Å². The molecule has 1 N–H and O–H groups in total. The highest BCUT2D eigenvalue weighted by Crippen LogP contribution is 2.29. The molecule has 0 fully saturated rings. The summed E-state index contributed by atoms with van der Waals surface area (Å²) >= 11 is 5.09. The van der Waals surface area contributed by atoms with Gasteiger partial charge in [0.1, 0.15) is 16.5 Å². The predicted molar refractivity (Wildman–Crippen MR) is 86.0 cm³/mol. The van der Waals surface area contributed by atoms with Crippen molar-refractivity contribution in [3.05, 3.63) is 39.9 Å². The van der Waals surface area contributed by atoms with Gasteiger partial charge in [-0.15, -0.1) is 21.5 Å². The third-order valence-electron chi connectivity index (χ3n) is 3.45. The van der Waals surface area contributed by atoms with Crippen LogP contribution in [0.15, 0.2) is 34.1 Å². The second kappa shape index (κ2) is 5.32. The maximum atomic E-state index is 4.72. The molecular weight excluding hydrogens is 350 g/mol. The van der Waals surface area contributed by atoms with Gasteiger partial charge in [-0.1, -0.05) is 28.1 Å². The van der Waals surface area contributed by atoms with Crippen molar-refractivity contribution in [3.8, 4) is 22.1 Å². The number of halogens is 1. The number of hydrogen-bond acceptors (Lipinski definition) is 5. The Labute approximate surface area is 134 Å². The second-order valence-electron chi connectivity index (χ2n) is 4.81. The zero-order valence-corrected chi connectivity index (χ0v) is 13.5. The van der Waals surface area contributed by atoms with E-state index in [-0.39, 0.29) is 0 Å². The fourth-order valence-electron chi connectivity index (χ4n) is 2.38. The van der Waals surface area contributed by atoms with Gasteiger partial charge in [-0.2, -0.15) is 0 Å². The Hall–Kier alpha value is -1.57. The van der Waals surface area contributed by atoms with Gasteiger partial charge in [-0.05, 0) is 12.1 Å². The van der Waals surface area contributed by atoms with Crippen LogP contribution in [0.1, 0.15) is 5.82 Å². The molecule has 0 aliphatic carbocycles. The number of fused-ring (bicyclic) bond motifs is 1. The maximum Gasteiger partial charge on any atom is 0.183 e. The summed E-state index contributed by atoms with van der Waals surface area (Å²) in [7, 11) is 0. The Bertz CT molecular complexity index is 777. The number of hydrogen-bond donors (Lipinski definition) is 1. The van der Waals surface area contributed by atoms with Crippen molar-refractivity contribution in [2.45, 2.75) is 13.1 Å². The van der Waals surface area contributed by atoms with Gasteiger partial charge in [0.05, 0.1) is 6.54 Å². The number of rotatable bonds is 2. The molecule has 1 aromatic carbocycles. The summed E-state index contributed by atoms with van der Waals surface area (Å²) in [5.74, 6) is 1.85. The van der Waals surface area contributed by atoms with Crippen molar-refractivity contribution in [2.24, 2.45) is 0 Å². The number of benzene rings is 1. The van der Waals surface area contributed by atoms with Crippen LogP contribution in [0.5, 0.6) is 0 Å². The van der Waals surface area contributed by atoms with E-state index in [9.17, 15) is 0 Å². The molecule has 21 heavy (non-hydrogen) atoms. The fraction of sp³-hybridized carbons (Fsp3) is 0.214. The molecule has 3 heterocycles. The first kappa shape index (κ1) is 13.1. The summed E-state index contributed by atoms with van der Waals surface area (Å²) in [4.78, 5) is 4.72. The third kappa shape index (κ3) is 2.41. The molecule has 0 unspecified atom stereocenters. The average molecular weight is 362 g/mol. The minimum absolute atomic E-state index is 0.775. The first-order valence-electron chi connectivity index (χ1n) is 6.66. The first-order valence-corrected chi connectivity index (χ1v) is 8.33. The highest BCUT2D eigenvalue weighted by atomic mass is 79.9. The Morgan fingerprint density at radius 1 is 1.19 bits per heavy atom. The Morgan fingerprint density at radius 2 is 2.05 bits per heavy atom. The van der Waals surface area contributed by atoms with Gasteiger partial charge in [-0.25, -0.2) is 4.98 Å². The number of nitrogens with one attached hydrogen (secondary N) is 1. The van der Waals surface area contributed by atoms with Crippen LogP contribution < -0.4 is 5.32 Å². The minimum atomic E-state index is 0.775. The highest BCUT2D eigenvalue weighted by molar-refractivity contribution is 9.10. The van der Waals surface area contributed by atoms with Crippen molar-refractivity contribution in [2.75, 3.05) is 6.54 Å². The molecule has 5 nitrogen and oxygen atoms in total. The molecule has 0 saturated heterocycles. The van der Waals surface area contributed by atoms with Gasteiger partial charge < -0.3 is 9.88 Å². The summed E-state index contributed by atoms with van der Waals surface area (Å²) in [6.45, 7) is 2.61. The van der Waals surface area contributed by atoms with E-state index in [0.29, 0.717) is 0 Å². The fourth-order valence-corrected chi connectivity index (χ4v) is 3.45. The monoisotopic (exact) mass is 361 g/mol. The van der Waals surface area contributed by atoms with Crippen molar-refractivity contribution in [3.63, 3.8) is 0 Å². The van der Waals surface area contributed by atoms with Crippen LogP contribution in [0.2, 0.25) is 0 Å². The van der Waals surface area contributed by atoms with E-state index >= 15 is 0 Å². The molecule has 3 aromatic rings. The lowest BCUT2D eigenvalue weighted by atomic mass is 10.2. The minimum Gasteiger partial charge on any atom is -0.308 e. The molecule has 106 valence electrons. The van der Waals surface area contributed by atoms with E-state index in [2.05, 4.69) is 53.5 Å². The van der Waals surface area contributed by atoms with Gasteiger partial charge in [0.25, 0.3) is 0 Å². The van der Waals surface area contributed by atoms with E-state index < -0.39 is 0 Å². The number of thiazole rings is 1. The van der Waals surface area contributed by atoms with Crippen molar-refractivity contribution >= 4 is 27.3 Å². The zero-order valence-electron chi connectivity index (χ0n) is 11.1. The molecular formula is C14H12BrN5S. The molecule has 0 amide bonds.